The summed E-state index contributed by atoms with van der Waals surface area (Å²) < 4.78 is 5.57. The lowest BCUT2D eigenvalue weighted by Gasteiger charge is -2.19. The van der Waals surface area contributed by atoms with Crippen LogP contribution in [0.3, 0.4) is 0 Å². The number of hydrogen-bond acceptors (Lipinski definition) is 3. The lowest BCUT2D eigenvalue weighted by Crippen LogP contribution is -2.27. The number of thioether (sulfide) groups is 1. The van der Waals surface area contributed by atoms with Gasteiger partial charge in [0.25, 0.3) is 0 Å². The Balaban J connectivity index is 3.00. The Labute approximate surface area is 86.8 Å². The van der Waals surface area contributed by atoms with Crippen LogP contribution in [0.25, 0.3) is 0 Å². The molecule has 0 saturated heterocycles. The Morgan fingerprint density at radius 1 is 1.23 bits per heavy atom. The number of rotatable bonds is 7. The predicted octanol–water partition coefficient (Wildman–Crippen LogP) is 2.14. The van der Waals surface area contributed by atoms with E-state index in [0.29, 0.717) is 0 Å². The fourth-order valence-corrected chi connectivity index (χ4v) is 1.33. The van der Waals surface area contributed by atoms with Crippen LogP contribution in [0.1, 0.15) is 27.2 Å². The lowest BCUT2D eigenvalue weighted by molar-refractivity contribution is -0.000719. The molecule has 0 amide bonds. The first-order chi connectivity index (χ1) is 6.06. The van der Waals surface area contributed by atoms with Crippen LogP contribution in [-0.4, -0.2) is 37.3 Å². The highest BCUT2D eigenvalue weighted by Gasteiger charge is 2.08. The van der Waals surface area contributed by atoms with Crippen LogP contribution in [0.4, 0.5) is 0 Å². The van der Waals surface area contributed by atoms with Gasteiger partial charge in [-0.05, 0) is 45.7 Å². The summed E-state index contributed by atoms with van der Waals surface area (Å²) in [5.41, 5.74) is 0.000943. The molecule has 0 aromatic carbocycles. The normalized spacial score (nSPS) is 12.0. The zero-order valence-electron chi connectivity index (χ0n) is 9.35. The van der Waals surface area contributed by atoms with Crippen molar-refractivity contribution in [2.75, 3.05) is 31.7 Å². The molecule has 0 fully saturated rings. The Morgan fingerprint density at radius 3 is 2.46 bits per heavy atom. The second-order valence-corrected chi connectivity index (χ2v) is 5.04. The van der Waals surface area contributed by atoms with E-state index in [1.54, 1.807) is 0 Å². The van der Waals surface area contributed by atoms with E-state index in [1.807, 2.05) is 11.8 Å². The molecule has 0 radical (unpaired) electrons. The van der Waals surface area contributed by atoms with E-state index in [2.05, 4.69) is 32.3 Å². The highest BCUT2D eigenvalue weighted by Crippen LogP contribution is 2.04. The van der Waals surface area contributed by atoms with E-state index >= 15 is 0 Å². The molecule has 0 spiro atoms. The fourth-order valence-electron chi connectivity index (χ4n) is 0.896. The fraction of sp³-hybridized carbons (Fsp3) is 1.00. The molecule has 0 aromatic heterocycles. The molecule has 80 valence electrons. The van der Waals surface area contributed by atoms with Crippen molar-refractivity contribution in [2.45, 2.75) is 32.8 Å². The first-order valence-electron chi connectivity index (χ1n) is 4.90. The van der Waals surface area contributed by atoms with Crippen molar-refractivity contribution in [1.29, 1.82) is 0 Å². The first-order valence-corrected chi connectivity index (χ1v) is 6.29. The molecule has 3 heteroatoms. The quantitative estimate of drug-likeness (QED) is 0.644. The summed E-state index contributed by atoms with van der Waals surface area (Å²) >= 11 is 1.90. The number of hydrogen-bond donors (Lipinski definition) is 1. The van der Waals surface area contributed by atoms with Crippen LogP contribution >= 0.6 is 11.8 Å². The van der Waals surface area contributed by atoms with Gasteiger partial charge in [-0.15, -0.1) is 0 Å². The minimum atomic E-state index is 0.000943. The van der Waals surface area contributed by atoms with Gasteiger partial charge in [0, 0.05) is 6.54 Å². The highest BCUT2D eigenvalue weighted by atomic mass is 32.2. The monoisotopic (exact) mass is 205 g/mol. The van der Waals surface area contributed by atoms with Gasteiger partial charge in [0.05, 0.1) is 12.2 Å². The molecule has 0 heterocycles. The van der Waals surface area contributed by atoms with Gasteiger partial charge in [-0.3, -0.25) is 0 Å². The third-order valence-electron chi connectivity index (χ3n) is 1.52. The second-order valence-electron chi connectivity index (χ2n) is 4.06. The van der Waals surface area contributed by atoms with E-state index < -0.39 is 0 Å². The topological polar surface area (TPSA) is 21.3 Å². The molecule has 0 aliphatic carbocycles. The van der Waals surface area contributed by atoms with Gasteiger partial charge < -0.3 is 10.1 Å². The summed E-state index contributed by atoms with van der Waals surface area (Å²) in [6, 6.07) is 0. The van der Waals surface area contributed by atoms with Crippen molar-refractivity contribution in [3.8, 4) is 0 Å². The molecule has 0 rings (SSSR count). The molecule has 0 aromatic rings. The highest BCUT2D eigenvalue weighted by molar-refractivity contribution is 7.98. The van der Waals surface area contributed by atoms with Crippen molar-refractivity contribution >= 4 is 11.8 Å². The third-order valence-corrected chi connectivity index (χ3v) is 2.21. The summed E-state index contributed by atoms with van der Waals surface area (Å²) in [7, 11) is 0. The smallest absolute Gasteiger partial charge is 0.0599 e. The molecule has 0 bridgehead atoms. The Kier molecular flexibility index (Phi) is 7.81. The number of nitrogens with one attached hydrogen (secondary N) is 1. The number of ether oxygens (including phenoxy) is 1. The minimum absolute atomic E-state index is 0.000943. The van der Waals surface area contributed by atoms with Gasteiger partial charge in [0.1, 0.15) is 0 Å². The molecular formula is C10H23NOS. The van der Waals surface area contributed by atoms with Crippen molar-refractivity contribution in [1.82, 2.24) is 5.32 Å². The van der Waals surface area contributed by atoms with Crippen LogP contribution in [0, 0.1) is 0 Å². The maximum Gasteiger partial charge on any atom is 0.0599 e. The first kappa shape index (κ1) is 13.3. The molecule has 0 atom stereocenters. The molecule has 0 aliphatic rings. The Bertz CT molecular complexity index is 112. The average molecular weight is 205 g/mol. The zero-order valence-corrected chi connectivity index (χ0v) is 10.2. The van der Waals surface area contributed by atoms with Gasteiger partial charge in [-0.2, -0.15) is 11.8 Å². The van der Waals surface area contributed by atoms with Crippen molar-refractivity contribution in [2.24, 2.45) is 0 Å². The molecule has 1 N–H and O–H groups in total. The van der Waals surface area contributed by atoms with Gasteiger partial charge >= 0.3 is 0 Å². The van der Waals surface area contributed by atoms with Gasteiger partial charge in [0.2, 0.25) is 0 Å². The van der Waals surface area contributed by atoms with Crippen LogP contribution in [-0.2, 0) is 4.74 Å². The van der Waals surface area contributed by atoms with Crippen molar-refractivity contribution in [3.63, 3.8) is 0 Å². The van der Waals surface area contributed by atoms with Crippen molar-refractivity contribution in [3.05, 3.63) is 0 Å². The lowest BCUT2D eigenvalue weighted by atomic mass is 10.2. The van der Waals surface area contributed by atoms with Gasteiger partial charge in [0.15, 0.2) is 0 Å². The Hall–Kier alpha value is 0.270. The molecule has 13 heavy (non-hydrogen) atoms. The van der Waals surface area contributed by atoms with E-state index in [9.17, 15) is 0 Å². The summed E-state index contributed by atoms with van der Waals surface area (Å²) in [5.74, 6) is 1.24. The van der Waals surface area contributed by atoms with Crippen LogP contribution in [0.15, 0.2) is 0 Å². The van der Waals surface area contributed by atoms with Gasteiger partial charge in [-0.1, -0.05) is 0 Å². The third kappa shape index (κ3) is 12.3. The summed E-state index contributed by atoms with van der Waals surface area (Å²) in [5, 5.41) is 3.35. The SMILES string of the molecule is CSCCCNCCOC(C)(C)C. The van der Waals surface area contributed by atoms with E-state index in [-0.39, 0.29) is 5.60 Å². The maximum atomic E-state index is 5.57. The molecule has 0 unspecified atom stereocenters. The maximum absolute atomic E-state index is 5.57. The van der Waals surface area contributed by atoms with E-state index in [4.69, 9.17) is 4.74 Å². The van der Waals surface area contributed by atoms with Crippen molar-refractivity contribution < 1.29 is 4.74 Å². The molecule has 0 saturated carbocycles. The molecule has 0 aliphatic heterocycles. The standard InChI is InChI=1S/C10H23NOS/c1-10(2,3)12-8-7-11-6-5-9-13-4/h11H,5-9H2,1-4H3. The summed E-state index contributed by atoms with van der Waals surface area (Å²) in [4.78, 5) is 0. The summed E-state index contributed by atoms with van der Waals surface area (Å²) in [6.45, 7) is 9.13. The van der Waals surface area contributed by atoms with E-state index in [1.165, 1.54) is 12.2 Å². The minimum Gasteiger partial charge on any atom is -0.375 e. The van der Waals surface area contributed by atoms with Gasteiger partial charge in [-0.25, -0.2) is 0 Å². The van der Waals surface area contributed by atoms with Crippen LogP contribution in [0.2, 0.25) is 0 Å². The largest absolute Gasteiger partial charge is 0.375 e. The molecule has 2 nitrogen and oxygen atoms in total. The predicted molar refractivity (Wildman–Crippen MR) is 61.6 cm³/mol. The van der Waals surface area contributed by atoms with Crippen LogP contribution in [0.5, 0.6) is 0 Å². The molecular weight excluding hydrogens is 182 g/mol. The van der Waals surface area contributed by atoms with E-state index in [0.717, 1.165) is 19.7 Å². The van der Waals surface area contributed by atoms with Crippen LogP contribution < -0.4 is 5.32 Å². The Morgan fingerprint density at radius 2 is 1.92 bits per heavy atom. The zero-order chi connectivity index (χ0) is 10.2. The summed E-state index contributed by atoms with van der Waals surface area (Å²) in [6.07, 6.45) is 3.39. The second kappa shape index (κ2) is 7.65. The average Bonchev–Trinajstić information content (AvgIpc) is 2.01.